The lowest BCUT2D eigenvalue weighted by Crippen LogP contribution is -2.45. The molecule has 23 heavy (non-hydrogen) atoms. The minimum Gasteiger partial charge on any atom is -0.454 e. The Morgan fingerprint density at radius 3 is 2.52 bits per heavy atom. The quantitative estimate of drug-likeness (QED) is 0.730. The molecule has 2 rings (SSSR count). The number of likely N-dealkylation sites (tertiary alicyclic amines) is 1. The molecular formula is C17H27NO5. The zero-order valence-electron chi connectivity index (χ0n) is 14.3. The number of ether oxygens (including phenoxy) is 2. The van der Waals surface area contributed by atoms with Crippen LogP contribution in [0.15, 0.2) is 0 Å². The summed E-state index contributed by atoms with van der Waals surface area (Å²) < 4.78 is 10.8. The molecule has 0 unspecified atom stereocenters. The molecule has 6 nitrogen and oxygen atoms in total. The summed E-state index contributed by atoms with van der Waals surface area (Å²) in [6.07, 6.45) is 3.33. The third-order valence-electron chi connectivity index (χ3n) is 4.16. The van der Waals surface area contributed by atoms with Crippen molar-refractivity contribution in [2.24, 2.45) is 5.92 Å². The van der Waals surface area contributed by atoms with Crippen molar-refractivity contribution in [2.75, 3.05) is 13.1 Å². The Morgan fingerprint density at radius 1 is 1.13 bits per heavy atom. The molecule has 0 aromatic carbocycles. The van der Waals surface area contributed by atoms with Gasteiger partial charge in [0, 0.05) is 19.5 Å². The van der Waals surface area contributed by atoms with Crippen LogP contribution in [-0.2, 0) is 19.1 Å². The number of hydrogen-bond acceptors (Lipinski definition) is 5. The van der Waals surface area contributed by atoms with Crippen LogP contribution in [0, 0.1) is 5.92 Å². The van der Waals surface area contributed by atoms with E-state index in [9.17, 15) is 14.4 Å². The van der Waals surface area contributed by atoms with Crippen molar-refractivity contribution >= 4 is 17.8 Å². The Balaban J connectivity index is 1.88. The van der Waals surface area contributed by atoms with Crippen LogP contribution in [0.3, 0.4) is 0 Å². The number of Topliss-reactive ketones (excluding diaryl/α,β-unsaturated/α-hetero) is 1. The minimum atomic E-state index is -0.590. The van der Waals surface area contributed by atoms with Gasteiger partial charge in [-0.3, -0.25) is 9.59 Å². The van der Waals surface area contributed by atoms with E-state index in [1.807, 2.05) is 20.8 Å². The fourth-order valence-corrected chi connectivity index (χ4v) is 2.97. The molecule has 0 radical (unpaired) electrons. The van der Waals surface area contributed by atoms with Gasteiger partial charge in [0.15, 0.2) is 11.9 Å². The lowest BCUT2D eigenvalue weighted by molar-refractivity contribution is -0.162. The van der Waals surface area contributed by atoms with Crippen molar-refractivity contribution < 1.29 is 23.9 Å². The fourth-order valence-electron chi connectivity index (χ4n) is 2.97. The van der Waals surface area contributed by atoms with E-state index in [0.717, 1.165) is 19.3 Å². The van der Waals surface area contributed by atoms with Gasteiger partial charge in [-0.05, 0) is 52.9 Å². The van der Waals surface area contributed by atoms with Gasteiger partial charge in [-0.15, -0.1) is 0 Å². The van der Waals surface area contributed by atoms with E-state index in [1.165, 1.54) is 0 Å². The van der Waals surface area contributed by atoms with Gasteiger partial charge in [0.05, 0.1) is 5.92 Å². The molecule has 0 N–H and O–H groups in total. The molecule has 1 aliphatic heterocycles. The summed E-state index contributed by atoms with van der Waals surface area (Å²) in [5.74, 6) is -0.714. The number of hydrogen-bond donors (Lipinski definition) is 0. The normalized spacial score (nSPS) is 25.9. The predicted molar refractivity (Wildman–Crippen MR) is 83.9 cm³/mol. The monoisotopic (exact) mass is 325 g/mol. The van der Waals surface area contributed by atoms with Crippen LogP contribution < -0.4 is 0 Å². The molecule has 0 aromatic rings. The number of carbonyl (C=O) groups excluding carboxylic acids is 3. The number of rotatable bonds is 2. The van der Waals surface area contributed by atoms with Gasteiger partial charge in [0.1, 0.15) is 5.60 Å². The average molecular weight is 325 g/mol. The largest absolute Gasteiger partial charge is 0.454 e. The number of amides is 1. The lowest BCUT2D eigenvalue weighted by atomic mass is 9.95. The van der Waals surface area contributed by atoms with Crippen LogP contribution >= 0.6 is 0 Å². The highest BCUT2D eigenvalue weighted by Gasteiger charge is 2.34. The molecule has 2 aliphatic rings. The van der Waals surface area contributed by atoms with Gasteiger partial charge in [0.25, 0.3) is 0 Å². The maximum atomic E-state index is 12.3. The van der Waals surface area contributed by atoms with Gasteiger partial charge in [-0.2, -0.15) is 0 Å². The summed E-state index contributed by atoms with van der Waals surface area (Å²) >= 11 is 0. The summed E-state index contributed by atoms with van der Waals surface area (Å²) in [6, 6.07) is 0. The molecular weight excluding hydrogens is 298 g/mol. The molecule has 2 fully saturated rings. The van der Waals surface area contributed by atoms with E-state index < -0.39 is 17.8 Å². The molecule has 130 valence electrons. The predicted octanol–water partition coefficient (Wildman–Crippen LogP) is 2.69. The summed E-state index contributed by atoms with van der Waals surface area (Å²) in [7, 11) is 0. The lowest BCUT2D eigenvalue weighted by Gasteiger charge is -2.33. The summed E-state index contributed by atoms with van der Waals surface area (Å²) in [6.45, 7) is 6.33. The van der Waals surface area contributed by atoms with Crippen LogP contribution in [0.4, 0.5) is 4.79 Å². The van der Waals surface area contributed by atoms with Crippen molar-refractivity contribution in [2.45, 2.75) is 71.0 Å². The smallest absolute Gasteiger partial charge is 0.410 e. The van der Waals surface area contributed by atoms with Gasteiger partial charge < -0.3 is 14.4 Å². The van der Waals surface area contributed by atoms with Crippen molar-refractivity contribution in [3.05, 3.63) is 0 Å². The second-order valence-corrected chi connectivity index (χ2v) is 7.40. The number of ketones is 1. The minimum absolute atomic E-state index is 0.0180. The first-order valence-electron chi connectivity index (χ1n) is 8.47. The molecule has 1 heterocycles. The van der Waals surface area contributed by atoms with Crippen molar-refractivity contribution in [3.63, 3.8) is 0 Å². The average Bonchev–Trinajstić information content (AvgIpc) is 2.48. The topological polar surface area (TPSA) is 72.9 Å². The van der Waals surface area contributed by atoms with Crippen LogP contribution in [0.5, 0.6) is 0 Å². The van der Waals surface area contributed by atoms with Crippen molar-refractivity contribution in [1.29, 1.82) is 0 Å². The fraction of sp³-hybridized carbons (Fsp3) is 0.824. The van der Waals surface area contributed by atoms with Gasteiger partial charge >= 0.3 is 12.1 Å². The Bertz CT molecular complexity index is 468. The summed E-state index contributed by atoms with van der Waals surface area (Å²) in [4.78, 5) is 37.8. The van der Waals surface area contributed by atoms with Crippen molar-refractivity contribution in [3.8, 4) is 0 Å². The first kappa shape index (κ1) is 17.8. The van der Waals surface area contributed by atoms with E-state index >= 15 is 0 Å². The molecule has 1 aliphatic carbocycles. The maximum Gasteiger partial charge on any atom is 0.410 e. The van der Waals surface area contributed by atoms with Crippen LogP contribution in [-0.4, -0.2) is 47.5 Å². The van der Waals surface area contributed by atoms with Gasteiger partial charge in [0.2, 0.25) is 0 Å². The zero-order valence-corrected chi connectivity index (χ0v) is 14.3. The molecule has 0 aromatic heterocycles. The Kier molecular flexibility index (Phi) is 5.65. The maximum absolute atomic E-state index is 12.3. The third kappa shape index (κ3) is 5.22. The Hall–Kier alpha value is -1.59. The van der Waals surface area contributed by atoms with E-state index in [-0.39, 0.29) is 17.7 Å². The standard InChI is InChI=1S/C17H27NO5/c1-17(2,3)23-16(21)18-10-6-7-12(11-18)15(20)22-14-9-5-4-8-13(14)19/h12,14H,4-11H2,1-3H3/t12-,14-/m0/s1. The molecule has 1 saturated carbocycles. The van der Waals surface area contributed by atoms with Crippen LogP contribution in [0.1, 0.15) is 59.3 Å². The molecule has 0 spiro atoms. The third-order valence-corrected chi connectivity index (χ3v) is 4.16. The number of nitrogens with zero attached hydrogens (tertiary/aromatic N) is 1. The first-order valence-corrected chi connectivity index (χ1v) is 8.47. The SMILES string of the molecule is CC(C)(C)OC(=O)N1CCC[C@H](C(=O)O[C@H]2CCCCC2=O)C1. The zero-order chi connectivity index (χ0) is 17.0. The van der Waals surface area contributed by atoms with Crippen LogP contribution in [0.25, 0.3) is 0 Å². The van der Waals surface area contributed by atoms with E-state index in [0.29, 0.717) is 32.4 Å². The van der Waals surface area contributed by atoms with Gasteiger partial charge in [-0.25, -0.2) is 4.79 Å². The second kappa shape index (κ2) is 7.32. The molecule has 0 bridgehead atoms. The molecule has 1 amide bonds. The number of piperidine rings is 1. The molecule has 1 saturated heterocycles. The number of esters is 1. The highest BCUT2D eigenvalue weighted by molar-refractivity contribution is 5.86. The van der Waals surface area contributed by atoms with E-state index in [2.05, 4.69) is 0 Å². The van der Waals surface area contributed by atoms with E-state index in [1.54, 1.807) is 4.90 Å². The van der Waals surface area contributed by atoms with Crippen molar-refractivity contribution in [1.82, 2.24) is 4.90 Å². The van der Waals surface area contributed by atoms with Gasteiger partial charge in [-0.1, -0.05) is 0 Å². The highest BCUT2D eigenvalue weighted by atomic mass is 16.6. The molecule has 6 heteroatoms. The van der Waals surface area contributed by atoms with Crippen LogP contribution in [0.2, 0.25) is 0 Å². The first-order chi connectivity index (χ1) is 10.8. The Morgan fingerprint density at radius 2 is 1.87 bits per heavy atom. The van der Waals surface area contributed by atoms with E-state index in [4.69, 9.17) is 9.47 Å². The Labute approximate surface area is 137 Å². The second-order valence-electron chi connectivity index (χ2n) is 7.40. The summed E-state index contributed by atoms with van der Waals surface area (Å²) in [5.41, 5.74) is -0.556. The highest BCUT2D eigenvalue weighted by Crippen LogP contribution is 2.23. The number of carbonyl (C=O) groups is 3. The molecule has 2 atom stereocenters. The summed E-state index contributed by atoms with van der Waals surface area (Å²) in [5, 5.41) is 0.